The van der Waals surface area contributed by atoms with Crippen molar-refractivity contribution in [1.82, 2.24) is 0 Å². The molecule has 0 nitrogen and oxygen atoms in total. The van der Waals surface area contributed by atoms with Crippen LogP contribution in [0, 0.1) is 12.3 Å². The molecule has 1 atom stereocenters. The number of hydrogen-bond acceptors (Lipinski definition) is 0. The Morgan fingerprint density at radius 1 is 1.40 bits per heavy atom. The average molecular weight is 159 g/mol. The molecule has 0 aromatic carbocycles. The fourth-order valence-corrected chi connectivity index (χ4v) is 0.988. The Morgan fingerprint density at radius 3 is 2.60 bits per heavy atom. The molecule has 0 rings (SSSR count). The Bertz CT molecular complexity index is 102. The topological polar surface area (TPSA) is 0 Å². The summed E-state index contributed by atoms with van der Waals surface area (Å²) in [4.78, 5) is 0. The van der Waals surface area contributed by atoms with Gasteiger partial charge in [0.05, 0.1) is 5.38 Å². The molecular weight excluding hydrogens is 144 g/mol. The van der Waals surface area contributed by atoms with E-state index in [1.807, 2.05) is 0 Å². The lowest BCUT2D eigenvalue weighted by molar-refractivity contribution is 0.643. The first kappa shape index (κ1) is 9.85. The third-order valence-corrected chi connectivity index (χ3v) is 1.84. The van der Waals surface area contributed by atoms with Crippen molar-refractivity contribution < 1.29 is 0 Å². The van der Waals surface area contributed by atoms with Crippen LogP contribution >= 0.6 is 11.6 Å². The van der Waals surface area contributed by atoms with Gasteiger partial charge in [0.25, 0.3) is 0 Å². The van der Waals surface area contributed by atoms with E-state index in [1.165, 1.54) is 25.7 Å². The van der Waals surface area contributed by atoms with Gasteiger partial charge in [0.2, 0.25) is 0 Å². The minimum Gasteiger partial charge on any atom is -0.119 e. The molecule has 0 saturated carbocycles. The van der Waals surface area contributed by atoms with E-state index < -0.39 is 0 Å². The average Bonchev–Trinajstić information content (AvgIpc) is 1.98. The third-order valence-electron chi connectivity index (χ3n) is 1.49. The maximum atomic E-state index is 5.71. The summed E-state index contributed by atoms with van der Waals surface area (Å²) in [5, 5.41) is -0.0446. The van der Waals surface area contributed by atoms with E-state index in [4.69, 9.17) is 18.0 Å². The summed E-state index contributed by atoms with van der Waals surface area (Å²) in [5.74, 6) is 2.51. The second kappa shape index (κ2) is 6.96. The van der Waals surface area contributed by atoms with Crippen molar-refractivity contribution in [3.63, 3.8) is 0 Å². The van der Waals surface area contributed by atoms with Crippen LogP contribution in [0.4, 0.5) is 0 Å². The zero-order valence-electron chi connectivity index (χ0n) is 6.57. The van der Waals surface area contributed by atoms with Crippen LogP contribution in [0.2, 0.25) is 0 Å². The van der Waals surface area contributed by atoms with Gasteiger partial charge in [-0.3, -0.25) is 0 Å². The van der Waals surface area contributed by atoms with Crippen molar-refractivity contribution in [3.8, 4) is 12.3 Å². The fourth-order valence-electron chi connectivity index (χ4n) is 0.834. The molecule has 0 aromatic heterocycles. The second-order valence-electron chi connectivity index (χ2n) is 2.48. The first-order valence-electron chi connectivity index (χ1n) is 3.91. The van der Waals surface area contributed by atoms with Gasteiger partial charge < -0.3 is 0 Å². The minimum absolute atomic E-state index is 0.0446. The van der Waals surface area contributed by atoms with Gasteiger partial charge >= 0.3 is 0 Å². The van der Waals surface area contributed by atoms with Crippen molar-refractivity contribution >= 4 is 11.6 Å². The van der Waals surface area contributed by atoms with Crippen LogP contribution in [0.1, 0.15) is 39.0 Å². The molecule has 0 amide bonds. The van der Waals surface area contributed by atoms with Crippen molar-refractivity contribution in [2.45, 2.75) is 44.4 Å². The number of hydrogen-bond donors (Lipinski definition) is 0. The van der Waals surface area contributed by atoms with E-state index >= 15 is 0 Å². The van der Waals surface area contributed by atoms with E-state index in [-0.39, 0.29) is 5.38 Å². The molecule has 0 aromatic rings. The molecule has 58 valence electrons. The van der Waals surface area contributed by atoms with Crippen LogP contribution in [0.15, 0.2) is 0 Å². The van der Waals surface area contributed by atoms with Crippen molar-refractivity contribution in [3.05, 3.63) is 0 Å². The first-order valence-corrected chi connectivity index (χ1v) is 4.35. The molecule has 0 heterocycles. The Morgan fingerprint density at radius 2 is 2.10 bits per heavy atom. The highest BCUT2D eigenvalue weighted by atomic mass is 35.5. The lowest BCUT2D eigenvalue weighted by atomic mass is 10.1. The lowest BCUT2D eigenvalue weighted by Crippen LogP contribution is -1.92. The monoisotopic (exact) mass is 158 g/mol. The second-order valence-corrected chi connectivity index (χ2v) is 3.01. The van der Waals surface area contributed by atoms with Crippen LogP contribution in [-0.2, 0) is 0 Å². The SMILES string of the molecule is C#CC(Cl)CCCCCC. The molecule has 0 bridgehead atoms. The number of terminal acetylenes is 1. The van der Waals surface area contributed by atoms with E-state index in [0.717, 1.165) is 6.42 Å². The molecule has 0 aliphatic rings. The van der Waals surface area contributed by atoms with E-state index in [1.54, 1.807) is 0 Å². The van der Waals surface area contributed by atoms with Crippen LogP contribution in [0.25, 0.3) is 0 Å². The Kier molecular flexibility index (Phi) is 6.86. The number of alkyl halides is 1. The zero-order chi connectivity index (χ0) is 7.82. The molecule has 0 radical (unpaired) electrons. The summed E-state index contributed by atoms with van der Waals surface area (Å²) in [7, 11) is 0. The maximum absolute atomic E-state index is 5.71. The molecule has 1 unspecified atom stereocenters. The highest BCUT2D eigenvalue weighted by Gasteiger charge is 1.97. The number of unbranched alkanes of at least 4 members (excludes halogenated alkanes) is 3. The summed E-state index contributed by atoms with van der Waals surface area (Å²) in [5.41, 5.74) is 0. The van der Waals surface area contributed by atoms with Crippen LogP contribution < -0.4 is 0 Å². The Labute approximate surface area is 69.0 Å². The summed E-state index contributed by atoms with van der Waals surface area (Å²) in [6.07, 6.45) is 11.1. The van der Waals surface area contributed by atoms with Gasteiger partial charge in [0, 0.05) is 0 Å². The predicted octanol–water partition coefficient (Wildman–Crippen LogP) is 3.20. The van der Waals surface area contributed by atoms with Gasteiger partial charge in [-0.2, -0.15) is 0 Å². The molecule has 10 heavy (non-hydrogen) atoms. The molecule has 0 N–H and O–H groups in total. The highest BCUT2D eigenvalue weighted by molar-refractivity contribution is 6.22. The smallest absolute Gasteiger partial charge is 0.0940 e. The standard InChI is InChI=1S/C9H15Cl/c1-3-5-6-7-8-9(10)4-2/h2,9H,3,5-8H2,1H3. The van der Waals surface area contributed by atoms with Crippen molar-refractivity contribution in [2.75, 3.05) is 0 Å². The molecule has 0 fully saturated rings. The van der Waals surface area contributed by atoms with Gasteiger partial charge in [0.1, 0.15) is 0 Å². The van der Waals surface area contributed by atoms with Gasteiger partial charge in [-0.05, 0) is 6.42 Å². The number of rotatable bonds is 5. The van der Waals surface area contributed by atoms with Crippen molar-refractivity contribution in [1.29, 1.82) is 0 Å². The molecular formula is C9H15Cl. The molecule has 1 heteroatoms. The minimum atomic E-state index is -0.0446. The van der Waals surface area contributed by atoms with Crippen LogP contribution in [-0.4, -0.2) is 5.38 Å². The van der Waals surface area contributed by atoms with Gasteiger partial charge in [-0.1, -0.05) is 38.5 Å². The molecule has 0 aliphatic heterocycles. The first-order chi connectivity index (χ1) is 4.81. The number of halogens is 1. The molecule has 0 spiro atoms. The van der Waals surface area contributed by atoms with Gasteiger partial charge in [0.15, 0.2) is 0 Å². The predicted molar refractivity (Wildman–Crippen MR) is 47.2 cm³/mol. The Balaban J connectivity index is 2.98. The quantitative estimate of drug-likeness (QED) is 0.328. The van der Waals surface area contributed by atoms with Crippen molar-refractivity contribution in [2.24, 2.45) is 0 Å². The van der Waals surface area contributed by atoms with Gasteiger partial charge in [-0.15, -0.1) is 18.0 Å². The largest absolute Gasteiger partial charge is 0.119 e. The zero-order valence-corrected chi connectivity index (χ0v) is 7.32. The maximum Gasteiger partial charge on any atom is 0.0940 e. The van der Waals surface area contributed by atoms with Crippen LogP contribution in [0.3, 0.4) is 0 Å². The summed E-state index contributed by atoms with van der Waals surface area (Å²) >= 11 is 5.71. The fraction of sp³-hybridized carbons (Fsp3) is 0.778. The molecule has 0 aliphatic carbocycles. The summed E-state index contributed by atoms with van der Waals surface area (Å²) < 4.78 is 0. The molecule has 0 saturated heterocycles. The van der Waals surface area contributed by atoms with E-state index in [0.29, 0.717) is 0 Å². The normalized spacial score (nSPS) is 12.5. The lowest BCUT2D eigenvalue weighted by Gasteiger charge is -1.99. The highest BCUT2D eigenvalue weighted by Crippen LogP contribution is 2.08. The van der Waals surface area contributed by atoms with E-state index in [9.17, 15) is 0 Å². The summed E-state index contributed by atoms with van der Waals surface area (Å²) in [6.45, 7) is 2.19. The van der Waals surface area contributed by atoms with Crippen LogP contribution in [0.5, 0.6) is 0 Å². The van der Waals surface area contributed by atoms with E-state index in [2.05, 4.69) is 12.8 Å². The Hall–Kier alpha value is -0.150. The third kappa shape index (κ3) is 5.98. The van der Waals surface area contributed by atoms with Gasteiger partial charge in [-0.25, -0.2) is 0 Å². The summed E-state index contributed by atoms with van der Waals surface area (Å²) in [6, 6.07) is 0.